The average Bonchev–Trinajstić information content (AvgIpc) is 2.98. The molecular formula is C15H22N2OS. The number of rotatable bonds is 3. The Bertz CT molecular complexity index is 470. The van der Waals surface area contributed by atoms with Gasteiger partial charge in [0.15, 0.2) is 5.78 Å². The first-order valence-electron chi connectivity index (χ1n) is 7.21. The summed E-state index contributed by atoms with van der Waals surface area (Å²) in [6.45, 7) is 8.34. The zero-order chi connectivity index (χ0) is 13.4. The molecule has 0 saturated carbocycles. The van der Waals surface area contributed by atoms with E-state index in [1.54, 1.807) is 11.3 Å². The molecule has 3 rings (SSSR count). The van der Waals surface area contributed by atoms with E-state index in [1.165, 1.54) is 24.3 Å². The number of aryl methyl sites for hydroxylation is 1. The maximum Gasteiger partial charge on any atom is 0.186 e. The van der Waals surface area contributed by atoms with E-state index in [2.05, 4.69) is 23.6 Å². The minimum absolute atomic E-state index is 0.288. The number of ketones is 1. The number of hydrogen-bond acceptors (Lipinski definition) is 4. The first kappa shape index (κ1) is 13.3. The van der Waals surface area contributed by atoms with Gasteiger partial charge in [0.05, 0.1) is 11.4 Å². The van der Waals surface area contributed by atoms with Crippen molar-refractivity contribution in [1.82, 2.24) is 9.80 Å². The maximum absolute atomic E-state index is 12.3. The third kappa shape index (κ3) is 2.76. The van der Waals surface area contributed by atoms with Crippen LogP contribution < -0.4 is 0 Å². The largest absolute Gasteiger partial charge is 0.298 e. The van der Waals surface area contributed by atoms with Gasteiger partial charge in [-0.1, -0.05) is 0 Å². The summed E-state index contributed by atoms with van der Waals surface area (Å²) in [5, 5.41) is 0. The molecular weight excluding hydrogens is 256 g/mol. The smallest absolute Gasteiger partial charge is 0.186 e. The van der Waals surface area contributed by atoms with Gasteiger partial charge in [0, 0.05) is 30.1 Å². The van der Waals surface area contributed by atoms with Crippen LogP contribution in [0.25, 0.3) is 0 Å². The molecule has 1 aromatic rings. The molecule has 2 atom stereocenters. The van der Waals surface area contributed by atoms with Crippen molar-refractivity contribution in [2.24, 2.45) is 0 Å². The van der Waals surface area contributed by atoms with Crippen LogP contribution in [0.4, 0.5) is 0 Å². The lowest BCUT2D eigenvalue weighted by molar-refractivity contribution is 0.0537. The van der Waals surface area contributed by atoms with Crippen LogP contribution >= 0.6 is 11.3 Å². The first-order chi connectivity index (χ1) is 9.13. The molecule has 104 valence electrons. The number of nitrogens with zero attached hydrogens (tertiary/aromatic N) is 2. The Hall–Kier alpha value is -0.710. The minimum Gasteiger partial charge on any atom is -0.298 e. The van der Waals surface area contributed by atoms with E-state index >= 15 is 0 Å². The number of thiophene rings is 1. The summed E-state index contributed by atoms with van der Waals surface area (Å²) in [5.41, 5.74) is 0. The van der Waals surface area contributed by atoms with Gasteiger partial charge in [0.1, 0.15) is 0 Å². The highest BCUT2D eigenvalue weighted by molar-refractivity contribution is 7.14. The SMILES string of the molecule is Cc1ccc(C(=O)CN2CC3CCCN3CC2C)s1. The Morgan fingerprint density at radius 3 is 3.00 bits per heavy atom. The summed E-state index contributed by atoms with van der Waals surface area (Å²) in [4.78, 5) is 19.4. The molecule has 0 bridgehead atoms. The molecule has 0 spiro atoms. The van der Waals surface area contributed by atoms with E-state index in [4.69, 9.17) is 0 Å². The summed E-state index contributed by atoms with van der Waals surface area (Å²) in [5.74, 6) is 0.288. The van der Waals surface area contributed by atoms with Gasteiger partial charge in [0.2, 0.25) is 0 Å². The number of piperazine rings is 1. The van der Waals surface area contributed by atoms with Gasteiger partial charge in [-0.2, -0.15) is 0 Å². The predicted molar refractivity (Wildman–Crippen MR) is 79.0 cm³/mol. The monoisotopic (exact) mass is 278 g/mol. The second kappa shape index (κ2) is 5.35. The van der Waals surface area contributed by atoms with Crippen molar-refractivity contribution in [2.45, 2.75) is 38.8 Å². The van der Waals surface area contributed by atoms with E-state index < -0.39 is 0 Å². The molecule has 2 unspecified atom stereocenters. The number of fused-ring (bicyclic) bond motifs is 1. The summed E-state index contributed by atoms with van der Waals surface area (Å²) < 4.78 is 0. The Morgan fingerprint density at radius 1 is 1.42 bits per heavy atom. The molecule has 4 heteroatoms. The van der Waals surface area contributed by atoms with Crippen LogP contribution in [-0.2, 0) is 0 Å². The molecule has 0 radical (unpaired) electrons. The van der Waals surface area contributed by atoms with Gasteiger partial charge in [0.25, 0.3) is 0 Å². The van der Waals surface area contributed by atoms with Crippen LogP contribution in [0.3, 0.4) is 0 Å². The number of carbonyl (C=O) groups excluding carboxylic acids is 1. The Kier molecular flexibility index (Phi) is 3.74. The number of Topliss-reactive ketones (excluding diaryl/α,β-unsaturated/α-hetero) is 1. The quantitative estimate of drug-likeness (QED) is 0.793. The molecule has 2 aliphatic heterocycles. The lowest BCUT2D eigenvalue weighted by Crippen LogP contribution is -2.55. The number of carbonyl (C=O) groups is 1. The zero-order valence-corrected chi connectivity index (χ0v) is 12.6. The summed E-state index contributed by atoms with van der Waals surface area (Å²) >= 11 is 1.62. The normalized spacial score (nSPS) is 28.5. The highest BCUT2D eigenvalue weighted by Gasteiger charge is 2.35. The maximum atomic E-state index is 12.3. The standard InChI is InChI=1S/C15H22N2OS/c1-11-8-16-7-3-4-13(16)9-17(11)10-14(18)15-6-5-12(2)19-15/h5-6,11,13H,3-4,7-10H2,1-2H3. The van der Waals surface area contributed by atoms with E-state index in [0.717, 1.165) is 18.0 Å². The molecule has 2 saturated heterocycles. The summed E-state index contributed by atoms with van der Waals surface area (Å²) in [6, 6.07) is 5.20. The molecule has 3 nitrogen and oxygen atoms in total. The zero-order valence-electron chi connectivity index (χ0n) is 11.8. The fourth-order valence-corrected chi connectivity index (χ4v) is 4.11. The average molecular weight is 278 g/mol. The molecule has 0 aromatic carbocycles. The van der Waals surface area contributed by atoms with Crippen LogP contribution in [0.2, 0.25) is 0 Å². The van der Waals surface area contributed by atoms with Crippen LogP contribution in [0.15, 0.2) is 12.1 Å². The highest BCUT2D eigenvalue weighted by atomic mass is 32.1. The Morgan fingerprint density at radius 2 is 2.26 bits per heavy atom. The van der Waals surface area contributed by atoms with Crippen molar-refractivity contribution in [2.75, 3.05) is 26.2 Å². The van der Waals surface area contributed by atoms with Crippen molar-refractivity contribution < 1.29 is 4.79 Å². The molecule has 1 aromatic heterocycles. The molecule has 0 aliphatic carbocycles. The van der Waals surface area contributed by atoms with Crippen molar-refractivity contribution in [3.8, 4) is 0 Å². The van der Waals surface area contributed by atoms with E-state index in [-0.39, 0.29) is 5.78 Å². The Balaban J connectivity index is 1.64. The van der Waals surface area contributed by atoms with Crippen LogP contribution in [0.5, 0.6) is 0 Å². The van der Waals surface area contributed by atoms with Crippen molar-refractivity contribution in [3.63, 3.8) is 0 Å². The van der Waals surface area contributed by atoms with Crippen LogP contribution in [0, 0.1) is 6.92 Å². The predicted octanol–water partition coefficient (Wildman–Crippen LogP) is 2.41. The van der Waals surface area contributed by atoms with Gasteiger partial charge in [-0.25, -0.2) is 0 Å². The third-order valence-corrected chi connectivity index (χ3v) is 5.47. The first-order valence-corrected chi connectivity index (χ1v) is 8.03. The van der Waals surface area contributed by atoms with Gasteiger partial charge in [-0.3, -0.25) is 14.6 Å². The van der Waals surface area contributed by atoms with Crippen molar-refractivity contribution >= 4 is 17.1 Å². The van der Waals surface area contributed by atoms with Gasteiger partial charge >= 0.3 is 0 Å². The molecule has 2 fully saturated rings. The fourth-order valence-electron chi connectivity index (χ4n) is 3.31. The number of hydrogen-bond donors (Lipinski definition) is 0. The van der Waals surface area contributed by atoms with Crippen molar-refractivity contribution in [1.29, 1.82) is 0 Å². The fraction of sp³-hybridized carbons (Fsp3) is 0.667. The van der Waals surface area contributed by atoms with E-state index in [0.29, 0.717) is 18.6 Å². The highest BCUT2D eigenvalue weighted by Crippen LogP contribution is 2.25. The molecule has 19 heavy (non-hydrogen) atoms. The molecule has 0 amide bonds. The van der Waals surface area contributed by atoms with E-state index in [9.17, 15) is 4.79 Å². The lowest BCUT2D eigenvalue weighted by Gasteiger charge is -2.41. The van der Waals surface area contributed by atoms with Crippen molar-refractivity contribution in [3.05, 3.63) is 21.9 Å². The van der Waals surface area contributed by atoms with Crippen LogP contribution in [0.1, 0.15) is 34.3 Å². The lowest BCUT2D eigenvalue weighted by atomic mass is 10.1. The van der Waals surface area contributed by atoms with Crippen LogP contribution in [-0.4, -0.2) is 53.8 Å². The Labute approximate surface area is 119 Å². The van der Waals surface area contributed by atoms with Gasteiger partial charge < -0.3 is 0 Å². The summed E-state index contributed by atoms with van der Waals surface area (Å²) in [6.07, 6.45) is 2.62. The van der Waals surface area contributed by atoms with Gasteiger partial charge in [-0.05, 0) is 45.4 Å². The second-order valence-corrected chi connectivity index (χ2v) is 7.19. The summed E-state index contributed by atoms with van der Waals surface area (Å²) in [7, 11) is 0. The molecule has 2 aliphatic rings. The van der Waals surface area contributed by atoms with E-state index in [1.807, 2.05) is 12.1 Å². The molecule has 0 N–H and O–H groups in total. The van der Waals surface area contributed by atoms with Gasteiger partial charge in [-0.15, -0.1) is 11.3 Å². The second-order valence-electron chi connectivity index (χ2n) is 5.90. The molecule has 3 heterocycles. The topological polar surface area (TPSA) is 23.6 Å². The third-order valence-electron chi connectivity index (χ3n) is 4.43. The minimum atomic E-state index is 0.288.